The Kier molecular flexibility index (Phi) is 6.10. The van der Waals surface area contributed by atoms with Crippen LogP contribution in [0.2, 0.25) is 0 Å². The summed E-state index contributed by atoms with van der Waals surface area (Å²) in [5.41, 5.74) is 0.969. The molecule has 0 unspecified atom stereocenters. The van der Waals surface area contributed by atoms with E-state index in [0.29, 0.717) is 30.1 Å². The van der Waals surface area contributed by atoms with Crippen molar-refractivity contribution in [2.24, 2.45) is 0 Å². The van der Waals surface area contributed by atoms with Gasteiger partial charge in [-0.1, -0.05) is 0 Å². The van der Waals surface area contributed by atoms with Crippen LogP contribution in [0.5, 0.6) is 5.75 Å². The molecule has 0 aromatic heterocycles. The zero-order valence-electron chi connectivity index (χ0n) is 14.3. The van der Waals surface area contributed by atoms with E-state index in [0.717, 1.165) is 0 Å². The summed E-state index contributed by atoms with van der Waals surface area (Å²) in [6.07, 6.45) is 0.116. The average Bonchev–Trinajstić information content (AvgIpc) is 2.59. The molecule has 0 spiro atoms. The molecule has 0 saturated heterocycles. The van der Waals surface area contributed by atoms with Gasteiger partial charge in [-0.25, -0.2) is 0 Å². The van der Waals surface area contributed by atoms with E-state index in [4.69, 9.17) is 4.74 Å². The Morgan fingerprint density at radius 1 is 1.16 bits per heavy atom. The molecule has 0 fully saturated rings. The topological polar surface area (TPSA) is 105 Å². The molecular weight excluding hydrogens is 326 g/mol. The molecule has 1 aliphatic rings. The van der Waals surface area contributed by atoms with Gasteiger partial charge >= 0.3 is 0 Å². The summed E-state index contributed by atoms with van der Waals surface area (Å²) in [6.45, 7) is 2.04. The lowest BCUT2D eigenvalue weighted by Gasteiger charge is -2.26. The van der Waals surface area contributed by atoms with Crippen LogP contribution in [0.1, 0.15) is 30.1 Å². The van der Waals surface area contributed by atoms with Crippen molar-refractivity contribution in [3.8, 4) is 5.75 Å². The van der Waals surface area contributed by atoms with Crippen molar-refractivity contribution in [3.63, 3.8) is 0 Å². The Labute approximate surface area is 145 Å². The zero-order chi connectivity index (χ0) is 18.4. The first kappa shape index (κ1) is 18.4. The second-order valence-corrected chi connectivity index (χ2v) is 5.68. The number of ether oxygens (including phenoxy) is 1. The molecule has 1 heterocycles. The van der Waals surface area contributed by atoms with Crippen LogP contribution < -0.4 is 20.3 Å². The Morgan fingerprint density at radius 2 is 1.88 bits per heavy atom. The van der Waals surface area contributed by atoms with Crippen molar-refractivity contribution in [2.45, 2.75) is 19.8 Å². The number of nitrogens with one attached hydrogen (secondary N) is 2. The number of rotatable bonds is 7. The number of hydrogen-bond donors (Lipinski definition) is 2. The van der Waals surface area contributed by atoms with Gasteiger partial charge < -0.3 is 20.3 Å². The van der Waals surface area contributed by atoms with Crippen LogP contribution in [0.4, 0.5) is 5.69 Å². The average molecular weight is 347 g/mol. The summed E-state index contributed by atoms with van der Waals surface area (Å²) >= 11 is 0. The predicted molar refractivity (Wildman–Crippen MR) is 90.6 cm³/mol. The predicted octanol–water partition coefficient (Wildman–Crippen LogP) is 0.257. The second-order valence-electron chi connectivity index (χ2n) is 5.68. The fraction of sp³-hybridized carbons (Fsp3) is 0.412. The van der Waals surface area contributed by atoms with Crippen molar-refractivity contribution < 1.29 is 23.9 Å². The molecular formula is C17H21N3O5. The van der Waals surface area contributed by atoms with Crippen LogP contribution >= 0.6 is 0 Å². The minimum Gasteiger partial charge on any atom is -0.482 e. The quantitative estimate of drug-likeness (QED) is 0.544. The van der Waals surface area contributed by atoms with E-state index in [-0.39, 0.29) is 43.0 Å². The van der Waals surface area contributed by atoms with Crippen LogP contribution in [0.25, 0.3) is 0 Å². The number of benzene rings is 1. The summed E-state index contributed by atoms with van der Waals surface area (Å²) in [6, 6.07) is 4.88. The number of anilines is 1. The number of carbonyl (C=O) groups is 4. The van der Waals surface area contributed by atoms with E-state index in [1.165, 1.54) is 11.8 Å². The highest BCUT2D eigenvalue weighted by molar-refractivity contribution is 6.02. The molecule has 2 N–H and O–H groups in total. The van der Waals surface area contributed by atoms with Crippen molar-refractivity contribution >= 4 is 29.2 Å². The number of Topliss-reactive ketones (excluding diaryl/α,β-unsaturated/α-hetero) is 1. The van der Waals surface area contributed by atoms with Crippen LogP contribution in [-0.2, 0) is 14.4 Å². The standard InChI is InChI=1S/C17H21N3O5/c1-11(21)18-7-8-19-16(23)6-4-14(22)12-3-5-15-13(9-12)20(2)17(24)10-25-15/h3,5,9H,4,6-8,10H2,1-2H3,(H,18,21)(H,19,23). The maximum Gasteiger partial charge on any atom is 0.264 e. The van der Waals surface area contributed by atoms with E-state index >= 15 is 0 Å². The van der Waals surface area contributed by atoms with Crippen molar-refractivity contribution in [1.82, 2.24) is 10.6 Å². The van der Waals surface area contributed by atoms with Crippen molar-refractivity contribution in [3.05, 3.63) is 23.8 Å². The van der Waals surface area contributed by atoms with Crippen molar-refractivity contribution in [2.75, 3.05) is 31.6 Å². The van der Waals surface area contributed by atoms with Gasteiger partial charge in [-0.3, -0.25) is 19.2 Å². The van der Waals surface area contributed by atoms with Gasteiger partial charge in [0.25, 0.3) is 5.91 Å². The Balaban J connectivity index is 1.86. The van der Waals surface area contributed by atoms with E-state index in [2.05, 4.69) is 10.6 Å². The van der Waals surface area contributed by atoms with Gasteiger partial charge in [-0.2, -0.15) is 0 Å². The minimum atomic E-state index is -0.257. The molecule has 1 aromatic carbocycles. The molecule has 3 amide bonds. The monoisotopic (exact) mass is 347 g/mol. The smallest absolute Gasteiger partial charge is 0.264 e. The SMILES string of the molecule is CC(=O)NCCNC(=O)CCC(=O)c1ccc2c(c1)N(C)C(=O)CO2. The summed E-state index contributed by atoms with van der Waals surface area (Å²) in [7, 11) is 1.63. The molecule has 134 valence electrons. The van der Waals surface area contributed by atoms with Crippen LogP contribution in [0, 0.1) is 0 Å². The molecule has 2 rings (SSSR count). The van der Waals surface area contributed by atoms with Crippen LogP contribution in [0.3, 0.4) is 0 Å². The van der Waals surface area contributed by atoms with Gasteiger partial charge in [0.05, 0.1) is 5.69 Å². The molecule has 1 aliphatic heterocycles. The molecule has 0 aliphatic carbocycles. The number of hydrogen-bond acceptors (Lipinski definition) is 5. The van der Waals surface area contributed by atoms with E-state index in [9.17, 15) is 19.2 Å². The Hall–Kier alpha value is -2.90. The van der Waals surface area contributed by atoms with Gasteiger partial charge in [-0.05, 0) is 18.2 Å². The lowest BCUT2D eigenvalue weighted by atomic mass is 10.0. The molecule has 0 bridgehead atoms. The maximum absolute atomic E-state index is 12.3. The first-order valence-corrected chi connectivity index (χ1v) is 7.96. The minimum absolute atomic E-state index is 0.0184. The first-order valence-electron chi connectivity index (χ1n) is 7.96. The number of carbonyl (C=O) groups excluding carboxylic acids is 4. The summed E-state index contributed by atoms with van der Waals surface area (Å²) < 4.78 is 5.31. The van der Waals surface area contributed by atoms with Crippen molar-refractivity contribution in [1.29, 1.82) is 0 Å². The Morgan fingerprint density at radius 3 is 2.60 bits per heavy atom. The summed E-state index contributed by atoms with van der Waals surface area (Å²) in [5.74, 6) is -0.243. The van der Waals surface area contributed by atoms with Crippen LogP contribution in [-0.4, -0.2) is 50.2 Å². The number of nitrogens with zero attached hydrogens (tertiary/aromatic N) is 1. The van der Waals surface area contributed by atoms with E-state index in [1.54, 1.807) is 25.2 Å². The summed E-state index contributed by atoms with van der Waals surface area (Å²) in [4.78, 5) is 47.8. The third-order valence-electron chi connectivity index (χ3n) is 3.77. The number of likely N-dealkylation sites (N-methyl/N-ethyl adjacent to an activating group) is 1. The molecule has 25 heavy (non-hydrogen) atoms. The Bertz CT molecular complexity index is 702. The summed E-state index contributed by atoms with van der Waals surface area (Å²) in [5, 5.41) is 5.19. The highest BCUT2D eigenvalue weighted by Crippen LogP contribution is 2.32. The number of amides is 3. The molecule has 1 aromatic rings. The van der Waals surface area contributed by atoms with Gasteiger partial charge in [0.1, 0.15) is 5.75 Å². The zero-order valence-corrected chi connectivity index (χ0v) is 14.3. The van der Waals surface area contributed by atoms with E-state index < -0.39 is 0 Å². The van der Waals surface area contributed by atoms with Gasteiger partial charge in [0.2, 0.25) is 11.8 Å². The van der Waals surface area contributed by atoms with Gasteiger partial charge in [-0.15, -0.1) is 0 Å². The fourth-order valence-corrected chi connectivity index (χ4v) is 2.35. The normalized spacial score (nSPS) is 12.9. The maximum atomic E-state index is 12.3. The fourth-order valence-electron chi connectivity index (χ4n) is 2.35. The number of fused-ring (bicyclic) bond motifs is 1. The molecule has 0 saturated carbocycles. The molecule has 8 nitrogen and oxygen atoms in total. The largest absolute Gasteiger partial charge is 0.482 e. The van der Waals surface area contributed by atoms with Gasteiger partial charge in [0.15, 0.2) is 12.4 Å². The lowest BCUT2D eigenvalue weighted by Crippen LogP contribution is -2.35. The molecule has 0 atom stereocenters. The van der Waals surface area contributed by atoms with Gasteiger partial charge in [0, 0.05) is 45.5 Å². The second kappa shape index (κ2) is 8.27. The highest BCUT2D eigenvalue weighted by atomic mass is 16.5. The highest BCUT2D eigenvalue weighted by Gasteiger charge is 2.23. The first-order chi connectivity index (χ1) is 11.9. The number of ketones is 1. The third-order valence-corrected chi connectivity index (χ3v) is 3.77. The lowest BCUT2D eigenvalue weighted by molar-refractivity contribution is -0.122. The third kappa shape index (κ3) is 5.03. The molecule has 0 radical (unpaired) electrons. The van der Waals surface area contributed by atoms with Crippen LogP contribution in [0.15, 0.2) is 18.2 Å². The molecule has 8 heteroatoms. The van der Waals surface area contributed by atoms with E-state index in [1.807, 2.05) is 0 Å².